The van der Waals surface area contributed by atoms with Gasteiger partial charge in [0.05, 0.1) is 16.6 Å². The Labute approximate surface area is 100.0 Å². The lowest BCUT2D eigenvalue weighted by atomic mass is 10.4. The average Bonchev–Trinajstić information content (AvgIpc) is 2.84. The minimum atomic E-state index is 0.0872. The van der Waals surface area contributed by atoms with Gasteiger partial charge in [-0.3, -0.25) is 4.79 Å². The van der Waals surface area contributed by atoms with Crippen LogP contribution in [0, 0.1) is 0 Å². The molecule has 0 atom stereocenters. The highest BCUT2D eigenvalue weighted by atomic mass is 35.5. The molecular weight excluding hydrogens is 252 g/mol. The topological polar surface area (TPSA) is 34.9 Å². The van der Waals surface area contributed by atoms with Crippen molar-refractivity contribution in [1.82, 2.24) is 9.55 Å². The van der Waals surface area contributed by atoms with Crippen molar-refractivity contribution >= 4 is 34.3 Å². The summed E-state index contributed by atoms with van der Waals surface area (Å²) in [5.41, 5.74) is 0.911. The van der Waals surface area contributed by atoms with E-state index in [1.165, 1.54) is 11.3 Å². The molecule has 80 valence electrons. The summed E-state index contributed by atoms with van der Waals surface area (Å²) in [5.74, 6) is 0.453. The summed E-state index contributed by atoms with van der Waals surface area (Å²) < 4.78 is 1.70. The Hall–Kier alpha value is -0.650. The summed E-state index contributed by atoms with van der Waals surface area (Å²) in [5, 5.41) is 4.79. The fourth-order valence-electron chi connectivity index (χ4n) is 1.20. The minimum absolute atomic E-state index is 0.0872. The van der Waals surface area contributed by atoms with Crippen LogP contribution in [-0.2, 0) is 18.8 Å². The third-order valence-electron chi connectivity index (χ3n) is 1.95. The maximum atomic E-state index is 11.2. The van der Waals surface area contributed by atoms with Crippen molar-refractivity contribution in [3.8, 4) is 0 Å². The second-order valence-electron chi connectivity index (χ2n) is 2.98. The molecule has 2 aromatic heterocycles. The molecule has 2 heterocycles. The molecule has 0 amide bonds. The fraction of sp³-hybridized carbons (Fsp3) is 0.333. The first-order chi connectivity index (χ1) is 7.29. The van der Waals surface area contributed by atoms with E-state index in [4.69, 9.17) is 11.6 Å². The third kappa shape index (κ3) is 2.68. The summed E-state index contributed by atoms with van der Waals surface area (Å²) in [6, 6.07) is 0. The van der Waals surface area contributed by atoms with E-state index < -0.39 is 0 Å². The zero-order chi connectivity index (χ0) is 10.7. The Kier molecular flexibility index (Phi) is 3.56. The lowest BCUT2D eigenvalue weighted by Crippen LogP contribution is -2.13. The number of nitrogens with zero attached hydrogens (tertiary/aromatic N) is 2. The van der Waals surface area contributed by atoms with Crippen molar-refractivity contribution in [1.29, 1.82) is 0 Å². The Morgan fingerprint density at radius 2 is 2.33 bits per heavy atom. The molecule has 0 spiro atoms. The van der Waals surface area contributed by atoms with Crippen LogP contribution in [0.3, 0.4) is 0 Å². The monoisotopic (exact) mass is 260 g/mol. The van der Waals surface area contributed by atoms with Crippen molar-refractivity contribution in [3.63, 3.8) is 0 Å². The van der Waals surface area contributed by atoms with Crippen LogP contribution in [0.1, 0.15) is 10.7 Å². The molecule has 0 saturated heterocycles. The maximum Gasteiger partial charge on any atom is 0.307 e. The summed E-state index contributed by atoms with van der Waals surface area (Å²) in [7, 11) is 0. The van der Waals surface area contributed by atoms with Gasteiger partial charge in [-0.15, -0.1) is 22.9 Å². The van der Waals surface area contributed by atoms with Gasteiger partial charge in [0.2, 0.25) is 0 Å². The van der Waals surface area contributed by atoms with E-state index in [1.54, 1.807) is 21.3 Å². The minimum Gasteiger partial charge on any atom is -0.306 e. The molecule has 0 bridgehead atoms. The Morgan fingerprint density at radius 3 is 2.93 bits per heavy atom. The fourth-order valence-corrected chi connectivity index (χ4v) is 2.83. The van der Waals surface area contributed by atoms with E-state index in [2.05, 4.69) is 4.98 Å². The van der Waals surface area contributed by atoms with Crippen LogP contribution >= 0.6 is 34.3 Å². The van der Waals surface area contributed by atoms with Crippen LogP contribution in [0.2, 0.25) is 0 Å². The highest BCUT2D eigenvalue weighted by Gasteiger charge is 2.02. The van der Waals surface area contributed by atoms with Crippen LogP contribution in [-0.4, -0.2) is 9.55 Å². The summed E-state index contributed by atoms with van der Waals surface area (Å²) in [4.78, 5) is 15.7. The molecule has 0 aliphatic heterocycles. The van der Waals surface area contributed by atoms with Gasteiger partial charge in [0.1, 0.15) is 0 Å². The second kappa shape index (κ2) is 4.92. The number of thiazole rings is 2. The average molecular weight is 261 g/mol. The zero-order valence-electron chi connectivity index (χ0n) is 7.85. The summed E-state index contributed by atoms with van der Waals surface area (Å²) >= 11 is 8.47. The van der Waals surface area contributed by atoms with E-state index in [9.17, 15) is 4.79 Å². The van der Waals surface area contributed by atoms with Gasteiger partial charge in [0.25, 0.3) is 0 Å². The molecule has 2 aromatic rings. The predicted octanol–water partition coefficient (Wildman–Crippen LogP) is 2.35. The summed E-state index contributed by atoms with van der Waals surface area (Å²) in [6.45, 7) is 0.692. The van der Waals surface area contributed by atoms with Crippen molar-refractivity contribution < 1.29 is 0 Å². The molecule has 0 aliphatic rings. The maximum absolute atomic E-state index is 11.2. The smallest absolute Gasteiger partial charge is 0.306 e. The van der Waals surface area contributed by atoms with E-state index >= 15 is 0 Å². The molecule has 0 N–H and O–H groups in total. The third-order valence-corrected chi connectivity index (χ3v) is 3.87. The van der Waals surface area contributed by atoms with E-state index in [-0.39, 0.29) is 4.87 Å². The number of hydrogen-bond donors (Lipinski definition) is 0. The Balaban J connectivity index is 1.99. The van der Waals surface area contributed by atoms with Gasteiger partial charge in [-0.2, -0.15) is 0 Å². The van der Waals surface area contributed by atoms with Gasteiger partial charge < -0.3 is 4.57 Å². The molecule has 6 heteroatoms. The lowest BCUT2D eigenvalue weighted by Gasteiger charge is -1.97. The molecule has 0 fully saturated rings. The Bertz CT molecular complexity index is 488. The quantitative estimate of drug-likeness (QED) is 0.791. The molecule has 0 radical (unpaired) electrons. The molecule has 0 aromatic carbocycles. The van der Waals surface area contributed by atoms with E-state index in [0.717, 1.165) is 17.1 Å². The van der Waals surface area contributed by atoms with Crippen LogP contribution in [0.25, 0.3) is 0 Å². The molecule has 2 rings (SSSR count). The van der Waals surface area contributed by atoms with Crippen molar-refractivity contribution in [3.05, 3.63) is 37.3 Å². The standard InChI is InChI=1S/C9H9ClN2OS2/c10-5-7-6-15-8(11-7)1-2-12-3-4-14-9(12)13/h3-4,6H,1-2,5H2. The van der Waals surface area contributed by atoms with Crippen LogP contribution in [0.15, 0.2) is 21.8 Å². The van der Waals surface area contributed by atoms with Gasteiger partial charge in [-0.1, -0.05) is 11.3 Å². The first-order valence-electron chi connectivity index (χ1n) is 4.43. The first kappa shape index (κ1) is 10.9. The number of hydrogen-bond acceptors (Lipinski definition) is 4. The molecule has 15 heavy (non-hydrogen) atoms. The van der Waals surface area contributed by atoms with Gasteiger partial charge in [-0.05, 0) is 0 Å². The molecule has 0 unspecified atom stereocenters. The predicted molar refractivity (Wildman–Crippen MR) is 64.0 cm³/mol. The van der Waals surface area contributed by atoms with E-state index in [0.29, 0.717) is 12.4 Å². The van der Waals surface area contributed by atoms with Crippen LogP contribution < -0.4 is 4.87 Å². The van der Waals surface area contributed by atoms with Crippen LogP contribution in [0.5, 0.6) is 0 Å². The lowest BCUT2D eigenvalue weighted by molar-refractivity contribution is 0.682. The van der Waals surface area contributed by atoms with Crippen molar-refractivity contribution in [2.45, 2.75) is 18.8 Å². The zero-order valence-corrected chi connectivity index (χ0v) is 10.2. The highest BCUT2D eigenvalue weighted by Crippen LogP contribution is 2.12. The van der Waals surface area contributed by atoms with Crippen molar-refractivity contribution in [2.24, 2.45) is 0 Å². The normalized spacial score (nSPS) is 10.7. The number of halogens is 1. The number of alkyl halides is 1. The van der Waals surface area contributed by atoms with Gasteiger partial charge in [0, 0.05) is 29.9 Å². The number of aromatic nitrogens is 2. The molecule has 3 nitrogen and oxygen atoms in total. The van der Waals surface area contributed by atoms with Crippen molar-refractivity contribution in [2.75, 3.05) is 0 Å². The van der Waals surface area contributed by atoms with E-state index in [1.807, 2.05) is 11.6 Å². The number of rotatable bonds is 4. The second-order valence-corrected chi connectivity index (χ2v) is 5.05. The Morgan fingerprint density at radius 1 is 1.47 bits per heavy atom. The SMILES string of the molecule is O=c1sccn1CCc1nc(CCl)cs1. The van der Waals surface area contributed by atoms with Gasteiger partial charge >= 0.3 is 4.87 Å². The highest BCUT2D eigenvalue weighted by molar-refractivity contribution is 7.09. The number of aryl methyl sites for hydroxylation is 2. The summed E-state index contributed by atoms with van der Waals surface area (Å²) in [6.07, 6.45) is 2.60. The largest absolute Gasteiger partial charge is 0.307 e. The molecular formula is C9H9ClN2OS2. The molecule has 0 aliphatic carbocycles. The van der Waals surface area contributed by atoms with Crippen LogP contribution in [0.4, 0.5) is 0 Å². The van der Waals surface area contributed by atoms with Gasteiger partial charge in [0.15, 0.2) is 0 Å². The van der Waals surface area contributed by atoms with Gasteiger partial charge in [-0.25, -0.2) is 4.98 Å². The first-order valence-corrected chi connectivity index (χ1v) is 6.72. The molecule has 0 saturated carbocycles.